The van der Waals surface area contributed by atoms with Gasteiger partial charge >= 0.3 is 0 Å². The molecule has 0 aliphatic carbocycles. The van der Waals surface area contributed by atoms with E-state index in [4.69, 9.17) is 0 Å². The summed E-state index contributed by atoms with van der Waals surface area (Å²) in [6.45, 7) is 4.56. The molecule has 29 heavy (non-hydrogen) atoms. The third-order valence-electron chi connectivity index (χ3n) is 4.81. The molecule has 0 radical (unpaired) electrons. The minimum absolute atomic E-state index is 0. The van der Waals surface area contributed by atoms with Crippen molar-refractivity contribution in [2.24, 2.45) is 10.9 Å². The zero-order chi connectivity index (χ0) is 20.0. The van der Waals surface area contributed by atoms with Crippen LogP contribution in [0, 0.1) is 12.8 Å². The Labute approximate surface area is 194 Å². The van der Waals surface area contributed by atoms with Gasteiger partial charge in [0.15, 0.2) is 5.96 Å². The molecule has 1 fully saturated rings. The Balaban J connectivity index is 0.00000300. The highest BCUT2D eigenvalue weighted by molar-refractivity contribution is 14.0. The van der Waals surface area contributed by atoms with E-state index in [0.717, 1.165) is 30.4 Å². The van der Waals surface area contributed by atoms with Gasteiger partial charge in [-0.15, -0.1) is 35.3 Å². The van der Waals surface area contributed by atoms with Crippen LogP contribution in [0.1, 0.15) is 22.7 Å². The lowest BCUT2D eigenvalue weighted by Gasteiger charge is -2.31. The van der Waals surface area contributed by atoms with Crippen LogP contribution < -0.4 is 10.6 Å². The summed E-state index contributed by atoms with van der Waals surface area (Å²) in [7, 11) is -1.64. The van der Waals surface area contributed by atoms with Gasteiger partial charge in [0, 0.05) is 37.8 Å². The number of sulfonamides is 1. The van der Waals surface area contributed by atoms with Crippen molar-refractivity contribution in [3.05, 3.63) is 46.4 Å². The molecular formula is C19H28IN5O2S2. The van der Waals surface area contributed by atoms with E-state index in [0.29, 0.717) is 30.4 Å². The molecular weight excluding hydrogens is 521 g/mol. The summed E-state index contributed by atoms with van der Waals surface area (Å²) in [4.78, 5) is 10.2. The molecule has 2 N–H and O–H groups in total. The number of aromatic nitrogens is 1. The number of rotatable bonds is 6. The van der Waals surface area contributed by atoms with Crippen molar-refractivity contribution in [1.29, 1.82) is 0 Å². The molecule has 1 saturated heterocycles. The topological polar surface area (TPSA) is 86.7 Å². The Kier molecular flexibility index (Phi) is 9.31. The quantitative estimate of drug-likeness (QED) is 0.329. The molecule has 1 aromatic heterocycles. The molecule has 7 nitrogen and oxygen atoms in total. The SMILES string of the molecule is CN=C(NCc1ncc(C)s1)NCC1CCN(S(=O)(=O)c2ccccc2)CC1.I. The van der Waals surface area contributed by atoms with Crippen molar-refractivity contribution in [2.45, 2.75) is 31.2 Å². The molecule has 2 heterocycles. The van der Waals surface area contributed by atoms with Crippen LogP contribution in [0.2, 0.25) is 0 Å². The number of benzene rings is 1. The van der Waals surface area contributed by atoms with Crippen molar-refractivity contribution in [2.75, 3.05) is 26.7 Å². The molecule has 0 spiro atoms. The molecule has 0 amide bonds. The molecule has 2 aromatic rings. The number of nitrogens with one attached hydrogen (secondary N) is 2. The van der Waals surface area contributed by atoms with Crippen molar-refractivity contribution in [3.63, 3.8) is 0 Å². The molecule has 1 aliphatic heterocycles. The molecule has 0 saturated carbocycles. The fourth-order valence-electron chi connectivity index (χ4n) is 3.20. The highest BCUT2D eigenvalue weighted by Crippen LogP contribution is 2.23. The maximum Gasteiger partial charge on any atom is 0.243 e. The lowest BCUT2D eigenvalue weighted by atomic mass is 9.98. The fraction of sp³-hybridized carbons (Fsp3) is 0.474. The first kappa shape index (κ1) is 24.0. The fourth-order valence-corrected chi connectivity index (χ4v) is 5.42. The van der Waals surface area contributed by atoms with E-state index >= 15 is 0 Å². The zero-order valence-electron chi connectivity index (χ0n) is 16.7. The predicted octanol–water partition coefficient (Wildman–Crippen LogP) is 2.84. The minimum atomic E-state index is -3.39. The van der Waals surface area contributed by atoms with Crippen LogP contribution in [0.5, 0.6) is 0 Å². The van der Waals surface area contributed by atoms with Crippen LogP contribution in [0.15, 0.2) is 46.4 Å². The van der Waals surface area contributed by atoms with Gasteiger partial charge in [-0.3, -0.25) is 4.99 Å². The molecule has 0 atom stereocenters. The van der Waals surface area contributed by atoms with Crippen LogP contribution in [-0.2, 0) is 16.6 Å². The van der Waals surface area contributed by atoms with Crippen molar-refractivity contribution >= 4 is 51.3 Å². The van der Waals surface area contributed by atoms with E-state index in [1.54, 1.807) is 47.0 Å². The van der Waals surface area contributed by atoms with Gasteiger partial charge in [-0.05, 0) is 37.8 Å². The summed E-state index contributed by atoms with van der Waals surface area (Å²) in [6, 6.07) is 8.66. The molecule has 0 bridgehead atoms. The number of aryl methyl sites for hydroxylation is 1. The third kappa shape index (κ3) is 6.63. The summed E-state index contributed by atoms with van der Waals surface area (Å²) >= 11 is 1.67. The second-order valence-electron chi connectivity index (χ2n) is 6.83. The number of thiazole rings is 1. The first-order valence-corrected chi connectivity index (χ1v) is 11.7. The van der Waals surface area contributed by atoms with Crippen LogP contribution in [0.4, 0.5) is 0 Å². The van der Waals surface area contributed by atoms with Gasteiger partial charge in [0.25, 0.3) is 0 Å². The Morgan fingerprint density at radius 1 is 1.24 bits per heavy atom. The third-order valence-corrected chi connectivity index (χ3v) is 7.64. The summed E-state index contributed by atoms with van der Waals surface area (Å²) in [5.74, 6) is 1.16. The zero-order valence-corrected chi connectivity index (χ0v) is 20.6. The number of halogens is 1. The van der Waals surface area contributed by atoms with Crippen LogP contribution in [0.3, 0.4) is 0 Å². The molecule has 10 heteroatoms. The first-order chi connectivity index (χ1) is 13.5. The average Bonchev–Trinajstić information content (AvgIpc) is 3.14. The predicted molar refractivity (Wildman–Crippen MR) is 128 cm³/mol. The van der Waals surface area contributed by atoms with E-state index in [1.807, 2.05) is 19.2 Å². The van der Waals surface area contributed by atoms with Crippen LogP contribution in [0.25, 0.3) is 0 Å². The molecule has 1 aliphatic rings. The number of guanidine groups is 1. The highest BCUT2D eigenvalue weighted by atomic mass is 127. The highest BCUT2D eigenvalue weighted by Gasteiger charge is 2.29. The Bertz CT molecular complexity index is 894. The monoisotopic (exact) mass is 549 g/mol. The van der Waals surface area contributed by atoms with Gasteiger partial charge in [-0.25, -0.2) is 13.4 Å². The lowest BCUT2D eigenvalue weighted by Crippen LogP contribution is -2.44. The van der Waals surface area contributed by atoms with Gasteiger partial charge < -0.3 is 10.6 Å². The van der Waals surface area contributed by atoms with E-state index in [1.165, 1.54) is 4.88 Å². The maximum absolute atomic E-state index is 12.7. The molecule has 160 valence electrons. The number of hydrogen-bond acceptors (Lipinski definition) is 5. The summed E-state index contributed by atoms with van der Waals surface area (Å²) < 4.78 is 27.0. The Morgan fingerprint density at radius 3 is 2.52 bits per heavy atom. The van der Waals surface area contributed by atoms with E-state index < -0.39 is 10.0 Å². The normalized spacial score (nSPS) is 16.3. The first-order valence-electron chi connectivity index (χ1n) is 9.40. The average molecular weight is 550 g/mol. The van der Waals surface area contributed by atoms with Gasteiger partial charge in [0.1, 0.15) is 5.01 Å². The summed E-state index contributed by atoms with van der Waals surface area (Å²) in [5, 5.41) is 7.65. The van der Waals surface area contributed by atoms with Crippen molar-refractivity contribution < 1.29 is 8.42 Å². The molecule has 0 unspecified atom stereocenters. The lowest BCUT2D eigenvalue weighted by molar-refractivity contribution is 0.273. The van der Waals surface area contributed by atoms with Crippen LogP contribution in [-0.4, -0.2) is 50.3 Å². The van der Waals surface area contributed by atoms with Gasteiger partial charge in [0.05, 0.1) is 11.4 Å². The van der Waals surface area contributed by atoms with E-state index in [2.05, 4.69) is 20.6 Å². The second kappa shape index (κ2) is 11.2. The maximum atomic E-state index is 12.7. The number of nitrogens with zero attached hydrogens (tertiary/aromatic N) is 3. The number of aliphatic imine (C=N–C) groups is 1. The number of piperidine rings is 1. The minimum Gasteiger partial charge on any atom is -0.356 e. The molecule has 1 aromatic carbocycles. The van der Waals surface area contributed by atoms with E-state index in [9.17, 15) is 8.42 Å². The standard InChI is InChI=1S/C19H27N5O2S2.HI/c1-15-12-21-18(27-15)14-23-19(20-2)22-13-16-8-10-24(11-9-16)28(25,26)17-6-4-3-5-7-17;/h3-7,12,16H,8-11,13-14H2,1-2H3,(H2,20,22,23);1H. The number of hydrogen-bond donors (Lipinski definition) is 2. The van der Waals surface area contributed by atoms with E-state index in [-0.39, 0.29) is 24.0 Å². The van der Waals surface area contributed by atoms with Gasteiger partial charge in [-0.2, -0.15) is 4.31 Å². The Morgan fingerprint density at radius 2 is 1.93 bits per heavy atom. The Hall–Kier alpha value is -1.24. The van der Waals surface area contributed by atoms with Gasteiger partial charge in [-0.1, -0.05) is 18.2 Å². The van der Waals surface area contributed by atoms with Gasteiger partial charge in [0.2, 0.25) is 10.0 Å². The summed E-state index contributed by atoms with van der Waals surface area (Å²) in [5.41, 5.74) is 0. The van der Waals surface area contributed by atoms with Crippen LogP contribution >= 0.6 is 35.3 Å². The second-order valence-corrected chi connectivity index (χ2v) is 10.1. The largest absolute Gasteiger partial charge is 0.356 e. The molecule has 3 rings (SSSR count). The smallest absolute Gasteiger partial charge is 0.243 e. The van der Waals surface area contributed by atoms with Crippen molar-refractivity contribution in [1.82, 2.24) is 19.9 Å². The summed E-state index contributed by atoms with van der Waals surface area (Å²) in [6.07, 6.45) is 3.54. The van der Waals surface area contributed by atoms with Crippen molar-refractivity contribution in [3.8, 4) is 0 Å².